The fraction of sp³-hybridized carbons (Fsp3) is 0. The second-order valence-electron chi connectivity index (χ2n) is 18.1. The van der Waals surface area contributed by atoms with Gasteiger partial charge in [0, 0.05) is 48.8 Å². The van der Waals surface area contributed by atoms with Crippen molar-refractivity contribution in [2.45, 2.75) is 0 Å². The highest BCUT2D eigenvalue weighted by atomic mass is 31.2. The molecule has 342 valence electrons. The Morgan fingerprint density at radius 2 is 0.556 bits per heavy atom. The lowest BCUT2D eigenvalue weighted by molar-refractivity contribution is 0.592. The molecule has 0 bridgehead atoms. The van der Waals surface area contributed by atoms with Crippen LogP contribution in [0.1, 0.15) is 0 Å². The maximum absolute atomic E-state index is 16.7. The van der Waals surface area contributed by atoms with Crippen LogP contribution in [0.15, 0.2) is 285 Å². The van der Waals surface area contributed by atoms with Crippen LogP contribution >= 0.6 is 23.0 Å². The van der Waals surface area contributed by atoms with Crippen molar-refractivity contribution >= 4 is 114 Å². The summed E-state index contributed by atoms with van der Waals surface area (Å²) in [5.74, 6) is 0. The minimum Gasteiger partial charge on any atom is -0.309 e. The average Bonchev–Trinajstić information content (AvgIpc) is 3.97. The van der Waals surface area contributed by atoms with Crippen molar-refractivity contribution in [2.24, 2.45) is 0 Å². The summed E-state index contributed by atoms with van der Waals surface area (Å²) in [6.07, 6.45) is 0. The summed E-state index contributed by atoms with van der Waals surface area (Å²) in [6, 6.07) is 102. The van der Waals surface area contributed by atoms with Crippen molar-refractivity contribution in [3.05, 3.63) is 285 Å². The Bertz CT molecular complexity index is 3780. The molecule has 3 nitrogen and oxygen atoms in total. The topological polar surface area (TPSA) is 26.9 Å². The van der Waals surface area contributed by atoms with E-state index in [1.807, 2.05) is 60.7 Å². The molecule has 0 saturated carbocycles. The van der Waals surface area contributed by atoms with Gasteiger partial charge in [-0.2, -0.15) is 0 Å². The molecule has 0 saturated heterocycles. The molecule has 13 aromatic rings. The van der Waals surface area contributed by atoms with Crippen LogP contribution in [-0.4, -0.2) is 9.13 Å². The Morgan fingerprint density at radius 3 is 0.917 bits per heavy atom. The highest BCUT2D eigenvalue weighted by molar-refractivity contribution is 7.85. The Hall–Kier alpha value is -7.89. The monoisotopic (exact) mass is 976 g/mol. The van der Waals surface area contributed by atoms with Crippen molar-refractivity contribution in [1.29, 1.82) is 0 Å². The summed E-state index contributed by atoms with van der Waals surface area (Å²) in [5.41, 5.74) is 6.26. The van der Waals surface area contributed by atoms with Crippen LogP contribution in [0.2, 0.25) is 0 Å². The van der Waals surface area contributed by atoms with Gasteiger partial charge in [-0.25, -0.2) is 0 Å². The first-order valence-corrected chi connectivity index (χ1v) is 28.8. The van der Waals surface area contributed by atoms with Gasteiger partial charge in [0.05, 0.1) is 22.1 Å². The molecule has 0 fully saturated rings. The van der Waals surface area contributed by atoms with E-state index in [1.54, 1.807) is 0 Å². The van der Waals surface area contributed by atoms with Crippen LogP contribution < -0.4 is 47.7 Å². The van der Waals surface area contributed by atoms with Gasteiger partial charge >= 0.3 is 0 Å². The molecule has 72 heavy (non-hydrogen) atoms. The summed E-state index contributed by atoms with van der Waals surface area (Å²) in [5, 5.41) is 14.9. The van der Waals surface area contributed by atoms with Crippen LogP contribution in [0.25, 0.3) is 55.0 Å². The molecule has 0 radical (unpaired) electrons. The number of hydrogen-bond acceptors (Lipinski definition) is 1. The van der Waals surface area contributed by atoms with Crippen LogP contribution in [0.3, 0.4) is 0 Å². The number of rotatable bonds is 11. The highest BCUT2D eigenvalue weighted by Crippen LogP contribution is 2.45. The van der Waals surface area contributed by atoms with E-state index in [4.69, 9.17) is 0 Å². The Kier molecular flexibility index (Phi) is 11.4. The largest absolute Gasteiger partial charge is 0.309 e. The second-order valence-corrected chi connectivity index (χ2v) is 25.3. The molecule has 11 aromatic carbocycles. The third-order valence-electron chi connectivity index (χ3n) is 13.9. The first-order chi connectivity index (χ1) is 35.6. The van der Waals surface area contributed by atoms with Gasteiger partial charge in [0.1, 0.15) is 0 Å². The normalized spacial score (nSPS) is 11.9. The minimum atomic E-state index is -3.47. The molecule has 0 aliphatic carbocycles. The molecular weight excluding hydrogens is 930 g/mol. The fourth-order valence-electron chi connectivity index (χ4n) is 10.7. The molecular formula is C66H47N2OP3. The molecule has 0 N–H and O–H groups in total. The van der Waals surface area contributed by atoms with E-state index in [1.165, 1.54) is 53.4 Å². The zero-order valence-electron chi connectivity index (χ0n) is 39.3. The van der Waals surface area contributed by atoms with Crippen molar-refractivity contribution in [3.8, 4) is 11.4 Å². The maximum Gasteiger partial charge on any atom is 0.171 e. The Morgan fingerprint density at radius 1 is 0.250 bits per heavy atom. The van der Waals surface area contributed by atoms with Crippen molar-refractivity contribution < 1.29 is 4.57 Å². The van der Waals surface area contributed by atoms with Crippen molar-refractivity contribution in [1.82, 2.24) is 9.13 Å². The van der Waals surface area contributed by atoms with Gasteiger partial charge in [-0.3, -0.25) is 0 Å². The average molecular weight is 977 g/mol. The number of fused-ring (bicyclic) bond motifs is 6. The fourth-order valence-corrected chi connectivity index (χ4v) is 18.0. The van der Waals surface area contributed by atoms with Crippen LogP contribution in [-0.2, 0) is 4.57 Å². The lowest BCUT2D eigenvalue weighted by Crippen LogP contribution is -2.26. The molecule has 13 rings (SSSR count). The quantitative estimate of drug-likeness (QED) is 0.119. The third-order valence-corrected chi connectivity index (χ3v) is 21.8. The van der Waals surface area contributed by atoms with E-state index in [0.29, 0.717) is 0 Å². The lowest BCUT2D eigenvalue weighted by Gasteiger charge is -2.23. The highest BCUT2D eigenvalue weighted by Gasteiger charge is 2.32. The van der Waals surface area contributed by atoms with Gasteiger partial charge in [-0.1, -0.05) is 231 Å². The standard InChI is InChI=1S/C66H47N2OP3/c69-72(56-31-15-5-16-32-56,57-33-17-6-18-34-57)58-44-48(67-63-37-21-19-35-59(63)61-46-54(39-41-65(61)67)70(50-23-7-1-8-24-50)51-25-9-2-10-26-51)43-49(45-58)68-64-38-22-20-36-60(64)62-47-55(40-42-66(62)68)71(52-27-11-3-12-28-52)53-29-13-4-14-30-53/h1-47H. The summed E-state index contributed by atoms with van der Waals surface area (Å²) in [7, 11) is -5.15. The SMILES string of the molecule is O=P(c1ccccc1)(c1ccccc1)c1cc(-n2c3ccccc3c3cc(P(c4ccccc4)c4ccccc4)ccc32)cc(-n2c3ccccc3c3cc(P(c4ccccc4)c4ccccc4)ccc32)c1. The van der Waals surface area contributed by atoms with Crippen molar-refractivity contribution in [2.75, 3.05) is 0 Å². The molecule has 2 heterocycles. The molecule has 0 unspecified atom stereocenters. The number of nitrogens with zero attached hydrogens (tertiary/aromatic N) is 2. The van der Waals surface area contributed by atoms with Crippen molar-refractivity contribution in [3.63, 3.8) is 0 Å². The van der Waals surface area contributed by atoms with Gasteiger partial charge in [-0.05, 0) is 102 Å². The van der Waals surface area contributed by atoms with E-state index in [-0.39, 0.29) is 0 Å². The first-order valence-electron chi connectivity index (χ1n) is 24.4. The van der Waals surface area contributed by atoms with Crippen LogP contribution in [0.4, 0.5) is 0 Å². The minimum absolute atomic E-state index is 0.769. The predicted octanol–water partition coefficient (Wildman–Crippen LogP) is 13.0. The second kappa shape index (κ2) is 18.7. The first kappa shape index (κ1) is 44.1. The zero-order chi connectivity index (χ0) is 48.0. The van der Waals surface area contributed by atoms with Crippen LogP contribution in [0, 0.1) is 0 Å². The summed E-state index contributed by atoms with van der Waals surface area (Å²) in [6.45, 7) is 0. The number of para-hydroxylation sites is 2. The zero-order valence-corrected chi connectivity index (χ0v) is 42.0. The van der Waals surface area contributed by atoms with E-state index in [2.05, 4.69) is 234 Å². The number of hydrogen-bond donors (Lipinski definition) is 0. The van der Waals surface area contributed by atoms with Gasteiger partial charge in [0.2, 0.25) is 0 Å². The van der Waals surface area contributed by atoms with E-state index in [9.17, 15) is 0 Å². The smallest absolute Gasteiger partial charge is 0.171 e. The molecule has 0 spiro atoms. The van der Waals surface area contributed by atoms with E-state index in [0.717, 1.165) is 49.4 Å². The Balaban J connectivity index is 1.08. The molecule has 0 aliphatic rings. The molecule has 0 aliphatic heterocycles. The van der Waals surface area contributed by atoms with Gasteiger partial charge in [-0.15, -0.1) is 0 Å². The molecule has 0 amide bonds. The summed E-state index contributed by atoms with van der Waals surface area (Å²) in [4.78, 5) is 0. The number of aromatic nitrogens is 2. The van der Waals surface area contributed by atoms with Gasteiger partial charge < -0.3 is 13.7 Å². The van der Waals surface area contributed by atoms with E-state index < -0.39 is 23.0 Å². The predicted molar refractivity (Wildman–Crippen MR) is 312 cm³/mol. The Labute approximate surface area is 422 Å². The third kappa shape index (κ3) is 7.65. The molecule has 0 atom stereocenters. The molecule has 6 heteroatoms. The maximum atomic E-state index is 16.7. The van der Waals surface area contributed by atoms with E-state index >= 15 is 4.57 Å². The summed E-state index contributed by atoms with van der Waals surface area (Å²) < 4.78 is 21.5. The van der Waals surface area contributed by atoms with Gasteiger partial charge in [0.25, 0.3) is 0 Å². The molecule has 2 aromatic heterocycles. The summed E-state index contributed by atoms with van der Waals surface area (Å²) >= 11 is 0. The lowest BCUT2D eigenvalue weighted by atomic mass is 10.1. The van der Waals surface area contributed by atoms with Crippen LogP contribution in [0.5, 0.6) is 0 Å². The number of benzene rings is 11. The van der Waals surface area contributed by atoms with Gasteiger partial charge in [0.15, 0.2) is 7.14 Å².